The number of rotatable bonds is 7. The lowest BCUT2D eigenvalue weighted by molar-refractivity contribution is 0.158. The van der Waals surface area contributed by atoms with Crippen molar-refractivity contribution in [2.75, 3.05) is 20.3 Å². The van der Waals surface area contributed by atoms with Gasteiger partial charge in [-0.05, 0) is 18.8 Å². The van der Waals surface area contributed by atoms with Crippen molar-refractivity contribution in [3.05, 3.63) is 12.2 Å². The van der Waals surface area contributed by atoms with E-state index in [2.05, 4.69) is 20.5 Å². The molecular weight excluding hydrogens is 192 g/mol. The van der Waals surface area contributed by atoms with Crippen molar-refractivity contribution in [2.45, 2.75) is 25.3 Å². The molecule has 0 amide bonds. The monoisotopic (exact) mass is 210 g/mol. The molecule has 0 aliphatic heterocycles. The van der Waals surface area contributed by atoms with Crippen LogP contribution in [0, 0.1) is 5.92 Å². The highest BCUT2D eigenvalue weighted by molar-refractivity contribution is 4.88. The molecule has 1 unspecified atom stereocenters. The summed E-state index contributed by atoms with van der Waals surface area (Å²) in [6.45, 7) is 1.74. The minimum absolute atomic E-state index is 0.512. The number of methoxy groups -OCH3 is 1. The van der Waals surface area contributed by atoms with Crippen molar-refractivity contribution in [3.8, 4) is 0 Å². The van der Waals surface area contributed by atoms with Gasteiger partial charge >= 0.3 is 0 Å². The van der Waals surface area contributed by atoms with Gasteiger partial charge in [0.25, 0.3) is 0 Å². The fourth-order valence-corrected chi connectivity index (χ4v) is 1.77. The number of nitrogens with zero attached hydrogens (tertiary/aromatic N) is 2. The van der Waals surface area contributed by atoms with E-state index in [1.807, 2.05) is 0 Å². The van der Waals surface area contributed by atoms with Crippen LogP contribution in [0.25, 0.3) is 0 Å². The maximum absolute atomic E-state index is 5.19. The number of nitrogens with one attached hydrogen (secondary N) is 2. The molecule has 0 bridgehead atoms. The largest absolute Gasteiger partial charge is 0.383 e. The van der Waals surface area contributed by atoms with Crippen molar-refractivity contribution >= 4 is 0 Å². The molecule has 5 heteroatoms. The van der Waals surface area contributed by atoms with E-state index in [4.69, 9.17) is 4.74 Å². The Labute approximate surface area is 89.6 Å². The van der Waals surface area contributed by atoms with Crippen LogP contribution < -0.4 is 5.32 Å². The van der Waals surface area contributed by atoms with E-state index in [-0.39, 0.29) is 0 Å². The lowest BCUT2D eigenvalue weighted by Crippen LogP contribution is -2.36. The van der Waals surface area contributed by atoms with Gasteiger partial charge in [-0.2, -0.15) is 5.10 Å². The van der Waals surface area contributed by atoms with E-state index in [1.165, 1.54) is 12.8 Å². The van der Waals surface area contributed by atoms with E-state index in [9.17, 15) is 0 Å². The number of ether oxygens (including phenoxy) is 1. The molecule has 0 aromatic carbocycles. The van der Waals surface area contributed by atoms with Crippen LogP contribution in [0.4, 0.5) is 0 Å². The lowest BCUT2D eigenvalue weighted by atomic mass is 10.2. The van der Waals surface area contributed by atoms with Gasteiger partial charge in [-0.15, -0.1) is 0 Å². The summed E-state index contributed by atoms with van der Waals surface area (Å²) in [6.07, 6.45) is 5.11. The van der Waals surface area contributed by atoms with Crippen LogP contribution in [-0.4, -0.2) is 41.5 Å². The average Bonchev–Trinajstić information content (AvgIpc) is 2.96. The fourth-order valence-electron chi connectivity index (χ4n) is 1.77. The molecule has 1 aromatic heterocycles. The van der Waals surface area contributed by atoms with Gasteiger partial charge in [0.05, 0.1) is 6.61 Å². The standard InChI is InChI=1S/C10H18N4O/c1-15-6-9(8-2-3-8)11-5-4-10-12-7-13-14-10/h7-9,11H,2-6H2,1H3,(H,12,13,14). The van der Waals surface area contributed by atoms with Gasteiger partial charge in [0.15, 0.2) is 0 Å². The fraction of sp³-hybridized carbons (Fsp3) is 0.800. The summed E-state index contributed by atoms with van der Waals surface area (Å²) < 4.78 is 5.19. The molecule has 1 saturated carbocycles. The second kappa shape index (κ2) is 5.23. The Morgan fingerprint density at radius 1 is 1.67 bits per heavy atom. The zero-order valence-corrected chi connectivity index (χ0v) is 9.07. The summed E-state index contributed by atoms with van der Waals surface area (Å²) in [4.78, 5) is 4.08. The number of aromatic amines is 1. The van der Waals surface area contributed by atoms with Crippen LogP contribution in [0.5, 0.6) is 0 Å². The topological polar surface area (TPSA) is 62.8 Å². The minimum Gasteiger partial charge on any atom is -0.383 e. The molecule has 1 atom stereocenters. The van der Waals surface area contributed by atoms with Gasteiger partial charge < -0.3 is 10.1 Å². The maximum Gasteiger partial charge on any atom is 0.137 e. The van der Waals surface area contributed by atoms with Gasteiger partial charge in [-0.25, -0.2) is 4.98 Å². The quantitative estimate of drug-likeness (QED) is 0.682. The maximum atomic E-state index is 5.19. The number of hydrogen-bond donors (Lipinski definition) is 2. The van der Waals surface area contributed by atoms with E-state index in [0.717, 1.165) is 31.3 Å². The minimum atomic E-state index is 0.512. The molecule has 1 fully saturated rings. The van der Waals surface area contributed by atoms with Crippen molar-refractivity contribution in [1.29, 1.82) is 0 Å². The van der Waals surface area contributed by atoms with Crippen LogP contribution in [0.2, 0.25) is 0 Å². The Bertz CT molecular complexity index is 271. The van der Waals surface area contributed by atoms with Gasteiger partial charge in [-0.3, -0.25) is 5.10 Å². The first kappa shape index (κ1) is 10.6. The highest BCUT2D eigenvalue weighted by Crippen LogP contribution is 2.32. The number of aromatic nitrogens is 3. The Balaban J connectivity index is 1.66. The SMILES string of the molecule is COCC(NCCc1ncn[nH]1)C1CC1. The molecule has 1 aliphatic carbocycles. The zero-order chi connectivity index (χ0) is 10.5. The normalized spacial score (nSPS) is 17.9. The van der Waals surface area contributed by atoms with E-state index >= 15 is 0 Å². The van der Waals surface area contributed by atoms with Gasteiger partial charge in [0.1, 0.15) is 12.2 Å². The molecule has 2 rings (SSSR count). The summed E-state index contributed by atoms with van der Waals surface area (Å²) >= 11 is 0. The third-order valence-electron chi connectivity index (χ3n) is 2.77. The van der Waals surface area contributed by atoms with Crippen LogP contribution in [0.15, 0.2) is 6.33 Å². The third-order valence-corrected chi connectivity index (χ3v) is 2.77. The summed E-state index contributed by atoms with van der Waals surface area (Å²) in [5.74, 6) is 1.76. The van der Waals surface area contributed by atoms with Gasteiger partial charge in [-0.1, -0.05) is 0 Å². The molecule has 2 N–H and O–H groups in total. The Morgan fingerprint density at radius 2 is 2.53 bits per heavy atom. The molecule has 1 aliphatic rings. The molecule has 5 nitrogen and oxygen atoms in total. The smallest absolute Gasteiger partial charge is 0.137 e. The average molecular weight is 210 g/mol. The molecule has 1 aromatic rings. The molecular formula is C10H18N4O. The molecule has 1 heterocycles. The lowest BCUT2D eigenvalue weighted by Gasteiger charge is -2.16. The van der Waals surface area contributed by atoms with E-state index in [0.29, 0.717) is 6.04 Å². The van der Waals surface area contributed by atoms with Crippen LogP contribution in [0.3, 0.4) is 0 Å². The second-order valence-corrected chi connectivity index (χ2v) is 4.04. The first-order valence-corrected chi connectivity index (χ1v) is 5.46. The highest BCUT2D eigenvalue weighted by Gasteiger charge is 2.30. The van der Waals surface area contributed by atoms with Crippen LogP contribution in [-0.2, 0) is 11.2 Å². The summed E-state index contributed by atoms with van der Waals surface area (Å²) in [5, 5.41) is 10.2. The van der Waals surface area contributed by atoms with Crippen molar-refractivity contribution in [1.82, 2.24) is 20.5 Å². The third kappa shape index (κ3) is 3.28. The van der Waals surface area contributed by atoms with Crippen molar-refractivity contribution in [2.24, 2.45) is 5.92 Å². The Hall–Kier alpha value is -0.940. The first-order valence-electron chi connectivity index (χ1n) is 5.46. The summed E-state index contributed by atoms with van der Waals surface area (Å²) in [7, 11) is 1.76. The van der Waals surface area contributed by atoms with Crippen molar-refractivity contribution in [3.63, 3.8) is 0 Å². The van der Waals surface area contributed by atoms with Crippen molar-refractivity contribution < 1.29 is 4.74 Å². The molecule has 84 valence electrons. The van der Waals surface area contributed by atoms with Crippen LogP contribution in [0.1, 0.15) is 18.7 Å². The molecule has 0 radical (unpaired) electrons. The second-order valence-electron chi connectivity index (χ2n) is 4.04. The number of hydrogen-bond acceptors (Lipinski definition) is 4. The van der Waals surface area contributed by atoms with E-state index in [1.54, 1.807) is 13.4 Å². The zero-order valence-electron chi connectivity index (χ0n) is 9.07. The molecule has 0 spiro atoms. The highest BCUT2D eigenvalue weighted by atomic mass is 16.5. The van der Waals surface area contributed by atoms with Gasteiger partial charge in [0, 0.05) is 26.1 Å². The van der Waals surface area contributed by atoms with Crippen LogP contribution >= 0.6 is 0 Å². The van der Waals surface area contributed by atoms with E-state index < -0.39 is 0 Å². The Morgan fingerprint density at radius 3 is 3.13 bits per heavy atom. The predicted octanol–water partition coefficient (Wildman–Crippen LogP) is 0.362. The molecule has 15 heavy (non-hydrogen) atoms. The Kier molecular flexibility index (Phi) is 3.69. The first-order chi connectivity index (χ1) is 7.40. The number of H-pyrrole nitrogens is 1. The van der Waals surface area contributed by atoms with Gasteiger partial charge in [0.2, 0.25) is 0 Å². The summed E-state index contributed by atoms with van der Waals surface area (Å²) in [6, 6.07) is 0.512. The predicted molar refractivity (Wildman–Crippen MR) is 56.5 cm³/mol. The molecule has 0 saturated heterocycles. The summed E-state index contributed by atoms with van der Waals surface area (Å²) in [5.41, 5.74) is 0.